The van der Waals surface area contributed by atoms with Crippen LogP contribution in [0.1, 0.15) is 23.8 Å². The molecular formula is C10H15N3O3. The fraction of sp³-hybridized carbons (Fsp3) is 0.500. The Morgan fingerprint density at radius 3 is 2.75 bits per heavy atom. The maximum absolute atomic E-state index is 10.6. The van der Waals surface area contributed by atoms with Crippen LogP contribution in [0.25, 0.3) is 0 Å². The summed E-state index contributed by atoms with van der Waals surface area (Å²) in [5, 5.41) is 19.1. The van der Waals surface area contributed by atoms with Gasteiger partial charge in [0.05, 0.1) is 12.6 Å². The molecule has 1 heterocycles. The van der Waals surface area contributed by atoms with Crippen molar-refractivity contribution in [3.05, 3.63) is 17.8 Å². The van der Waals surface area contributed by atoms with Gasteiger partial charge in [-0.05, 0) is 18.6 Å². The third kappa shape index (κ3) is 3.47. The first-order chi connectivity index (χ1) is 7.67. The third-order valence-electron chi connectivity index (χ3n) is 2.10. The number of hydrogen-bond donors (Lipinski definition) is 2. The molecule has 0 amide bonds. The molecule has 1 rings (SSSR count). The first kappa shape index (κ1) is 12.4. The molecule has 2 N–H and O–H groups in total. The summed E-state index contributed by atoms with van der Waals surface area (Å²) in [5.74, 6) is -0.531. The molecule has 0 saturated heterocycles. The van der Waals surface area contributed by atoms with E-state index in [1.165, 1.54) is 6.07 Å². The van der Waals surface area contributed by atoms with Gasteiger partial charge in [-0.1, -0.05) is 6.92 Å². The van der Waals surface area contributed by atoms with Crippen LogP contribution < -0.4 is 5.32 Å². The molecule has 0 aliphatic rings. The van der Waals surface area contributed by atoms with E-state index in [1.54, 1.807) is 13.2 Å². The van der Waals surface area contributed by atoms with Crippen LogP contribution in [-0.2, 0) is 4.74 Å². The largest absolute Gasteiger partial charge is 0.476 e. The molecule has 1 aromatic rings. The molecule has 6 heteroatoms. The Morgan fingerprint density at radius 1 is 1.56 bits per heavy atom. The molecule has 88 valence electrons. The second-order valence-electron chi connectivity index (χ2n) is 3.31. The van der Waals surface area contributed by atoms with E-state index in [2.05, 4.69) is 15.5 Å². The molecule has 0 bridgehead atoms. The highest BCUT2D eigenvalue weighted by Gasteiger charge is 2.08. The van der Waals surface area contributed by atoms with Crippen molar-refractivity contribution in [1.82, 2.24) is 10.2 Å². The standard InChI is InChI=1S/C10H15N3O3/c1-3-7(6-16-2)11-9-5-4-8(10(14)15)12-13-9/h4-5,7H,3,6H2,1-2H3,(H,11,13)(H,14,15). The predicted octanol–water partition coefficient (Wildman–Crippen LogP) is 1.01. The summed E-state index contributed by atoms with van der Waals surface area (Å²) in [6.07, 6.45) is 0.885. The molecule has 0 aromatic carbocycles. The van der Waals surface area contributed by atoms with Crippen molar-refractivity contribution in [1.29, 1.82) is 0 Å². The van der Waals surface area contributed by atoms with E-state index in [9.17, 15) is 4.79 Å². The summed E-state index contributed by atoms with van der Waals surface area (Å²) in [7, 11) is 1.63. The number of carbonyl (C=O) groups is 1. The number of anilines is 1. The van der Waals surface area contributed by atoms with Gasteiger partial charge in [-0.25, -0.2) is 4.79 Å². The Labute approximate surface area is 93.6 Å². The maximum Gasteiger partial charge on any atom is 0.356 e. The first-order valence-corrected chi connectivity index (χ1v) is 4.99. The van der Waals surface area contributed by atoms with Crippen molar-refractivity contribution >= 4 is 11.8 Å². The summed E-state index contributed by atoms with van der Waals surface area (Å²) in [6, 6.07) is 3.15. The lowest BCUT2D eigenvalue weighted by molar-refractivity contribution is 0.0689. The average molecular weight is 225 g/mol. The van der Waals surface area contributed by atoms with Gasteiger partial charge in [0.1, 0.15) is 5.82 Å². The van der Waals surface area contributed by atoms with E-state index >= 15 is 0 Å². The van der Waals surface area contributed by atoms with Crippen LogP contribution in [0.3, 0.4) is 0 Å². The Balaban J connectivity index is 2.63. The highest BCUT2D eigenvalue weighted by molar-refractivity contribution is 5.85. The Hall–Kier alpha value is -1.69. The van der Waals surface area contributed by atoms with Crippen molar-refractivity contribution in [3.63, 3.8) is 0 Å². The molecule has 16 heavy (non-hydrogen) atoms. The number of aromatic carboxylic acids is 1. The van der Waals surface area contributed by atoms with Gasteiger partial charge in [0.15, 0.2) is 5.69 Å². The van der Waals surface area contributed by atoms with E-state index in [1.807, 2.05) is 6.92 Å². The van der Waals surface area contributed by atoms with Gasteiger partial charge in [0.25, 0.3) is 0 Å². The number of nitrogens with one attached hydrogen (secondary N) is 1. The van der Waals surface area contributed by atoms with Crippen LogP contribution in [0.2, 0.25) is 0 Å². The maximum atomic E-state index is 10.6. The minimum absolute atomic E-state index is 0.0645. The SMILES string of the molecule is CCC(COC)Nc1ccc(C(=O)O)nn1. The van der Waals surface area contributed by atoms with Gasteiger partial charge in [0.2, 0.25) is 0 Å². The van der Waals surface area contributed by atoms with E-state index < -0.39 is 5.97 Å². The summed E-state index contributed by atoms with van der Waals surface area (Å²) >= 11 is 0. The zero-order chi connectivity index (χ0) is 12.0. The smallest absolute Gasteiger partial charge is 0.356 e. The van der Waals surface area contributed by atoms with Crippen molar-refractivity contribution in [3.8, 4) is 0 Å². The highest BCUT2D eigenvalue weighted by atomic mass is 16.5. The summed E-state index contributed by atoms with van der Waals surface area (Å²) in [6.45, 7) is 2.59. The minimum atomic E-state index is -1.08. The number of carboxylic acids is 1. The fourth-order valence-electron chi connectivity index (χ4n) is 1.20. The van der Waals surface area contributed by atoms with Crippen LogP contribution in [0.5, 0.6) is 0 Å². The predicted molar refractivity (Wildman–Crippen MR) is 58.6 cm³/mol. The van der Waals surface area contributed by atoms with Gasteiger partial charge in [-0.15, -0.1) is 10.2 Å². The highest BCUT2D eigenvalue weighted by Crippen LogP contribution is 2.06. The summed E-state index contributed by atoms with van der Waals surface area (Å²) in [4.78, 5) is 10.6. The van der Waals surface area contributed by atoms with Crippen LogP contribution >= 0.6 is 0 Å². The monoisotopic (exact) mass is 225 g/mol. The van der Waals surface area contributed by atoms with Gasteiger partial charge < -0.3 is 15.2 Å². The van der Waals surface area contributed by atoms with E-state index in [0.717, 1.165) is 6.42 Å². The molecule has 6 nitrogen and oxygen atoms in total. The zero-order valence-corrected chi connectivity index (χ0v) is 9.30. The molecule has 0 radical (unpaired) electrons. The normalized spacial score (nSPS) is 12.1. The van der Waals surface area contributed by atoms with Crippen molar-refractivity contribution in [2.75, 3.05) is 19.0 Å². The number of aromatic nitrogens is 2. The number of ether oxygens (including phenoxy) is 1. The van der Waals surface area contributed by atoms with E-state index in [-0.39, 0.29) is 11.7 Å². The summed E-state index contributed by atoms with van der Waals surface area (Å²) < 4.78 is 5.02. The van der Waals surface area contributed by atoms with Gasteiger partial charge >= 0.3 is 5.97 Å². The first-order valence-electron chi connectivity index (χ1n) is 4.99. The topological polar surface area (TPSA) is 84.3 Å². The number of rotatable bonds is 6. The number of hydrogen-bond acceptors (Lipinski definition) is 5. The molecule has 0 spiro atoms. The van der Waals surface area contributed by atoms with Gasteiger partial charge in [0, 0.05) is 7.11 Å². The quantitative estimate of drug-likeness (QED) is 0.751. The van der Waals surface area contributed by atoms with Crippen LogP contribution in [0.15, 0.2) is 12.1 Å². The molecule has 0 aliphatic carbocycles. The Morgan fingerprint density at radius 2 is 2.31 bits per heavy atom. The lowest BCUT2D eigenvalue weighted by Crippen LogP contribution is -2.24. The second-order valence-corrected chi connectivity index (χ2v) is 3.31. The zero-order valence-electron chi connectivity index (χ0n) is 9.30. The Kier molecular flexibility index (Phi) is 4.65. The number of carboxylic acid groups (broad SMARTS) is 1. The average Bonchev–Trinajstić information content (AvgIpc) is 2.29. The summed E-state index contributed by atoms with van der Waals surface area (Å²) in [5.41, 5.74) is -0.0645. The molecular weight excluding hydrogens is 210 g/mol. The van der Waals surface area contributed by atoms with Crippen molar-refractivity contribution in [2.45, 2.75) is 19.4 Å². The number of nitrogens with zero attached hydrogens (tertiary/aromatic N) is 2. The van der Waals surface area contributed by atoms with E-state index in [4.69, 9.17) is 9.84 Å². The van der Waals surface area contributed by atoms with Crippen molar-refractivity contribution < 1.29 is 14.6 Å². The molecule has 1 unspecified atom stereocenters. The van der Waals surface area contributed by atoms with Crippen LogP contribution in [0, 0.1) is 0 Å². The lowest BCUT2D eigenvalue weighted by Gasteiger charge is -2.15. The van der Waals surface area contributed by atoms with Gasteiger partial charge in [-0.2, -0.15) is 0 Å². The fourth-order valence-corrected chi connectivity index (χ4v) is 1.20. The number of methoxy groups -OCH3 is 1. The Bertz CT molecular complexity index is 340. The third-order valence-corrected chi connectivity index (χ3v) is 2.10. The molecule has 0 aliphatic heterocycles. The second kappa shape index (κ2) is 6.02. The van der Waals surface area contributed by atoms with E-state index in [0.29, 0.717) is 12.4 Å². The molecule has 1 atom stereocenters. The van der Waals surface area contributed by atoms with Crippen LogP contribution in [0.4, 0.5) is 5.82 Å². The molecule has 0 saturated carbocycles. The molecule has 0 fully saturated rings. The van der Waals surface area contributed by atoms with Crippen molar-refractivity contribution in [2.24, 2.45) is 0 Å². The van der Waals surface area contributed by atoms with Crippen LogP contribution in [-0.4, -0.2) is 41.0 Å². The lowest BCUT2D eigenvalue weighted by atomic mass is 10.2. The van der Waals surface area contributed by atoms with Gasteiger partial charge in [-0.3, -0.25) is 0 Å². The molecule has 1 aromatic heterocycles. The minimum Gasteiger partial charge on any atom is -0.476 e.